The molecule has 1 aliphatic carbocycles. The lowest BCUT2D eigenvalue weighted by molar-refractivity contribution is -0.133. The largest absolute Gasteiger partial charge is 0.733 e. The number of hydrogen-bond acceptors (Lipinski definition) is 4. The topological polar surface area (TPSA) is 52.6 Å². The first-order valence-corrected chi connectivity index (χ1v) is 4.50. The van der Waals surface area contributed by atoms with E-state index < -0.39 is 0 Å². The quantitative estimate of drug-likeness (QED) is 0.481. The van der Waals surface area contributed by atoms with Gasteiger partial charge in [-0.1, -0.05) is 13.0 Å². The van der Waals surface area contributed by atoms with E-state index in [2.05, 4.69) is 11.4 Å². The molecule has 0 spiro atoms. The van der Waals surface area contributed by atoms with Gasteiger partial charge in [0.1, 0.15) is 0 Å². The summed E-state index contributed by atoms with van der Waals surface area (Å²) < 4.78 is 0. The molecule has 0 saturated heterocycles. The molecular formula is C9H14NO3-. The molecule has 0 radical (unpaired) electrons. The van der Waals surface area contributed by atoms with Gasteiger partial charge in [0.05, 0.1) is 12.3 Å². The summed E-state index contributed by atoms with van der Waals surface area (Å²) in [6.07, 6.45) is 2.81. The van der Waals surface area contributed by atoms with E-state index in [0.29, 0.717) is 0 Å². The molecule has 1 fully saturated rings. The van der Waals surface area contributed by atoms with Crippen LogP contribution in [-0.4, -0.2) is 17.6 Å². The molecule has 13 heavy (non-hydrogen) atoms. The molecule has 0 atom stereocenters. The van der Waals surface area contributed by atoms with Gasteiger partial charge in [0, 0.05) is 5.92 Å². The van der Waals surface area contributed by atoms with Crippen LogP contribution in [0, 0.1) is 11.1 Å². The summed E-state index contributed by atoms with van der Waals surface area (Å²) in [4.78, 5) is 16.0. The van der Waals surface area contributed by atoms with Gasteiger partial charge in [-0.25, -0.2) is 0 Å². The predicted octanol–water partition coefficient (Wildman–Crippen LogP) is 1.62. The maximum absolute atomic E-state index is 11.4. The second kappa shape index (κ2) is 4.39. The SMILES string of the molecule is C=C(C(=O)C1CCC1)N([O-])OCC. The number of rotatable bonds is 5. The summed E-state index contributed by atoms with van der Waals surface area (Å²) in [5.74, 6) is -0.167. The number of ketones is 1. The van der Waals surface area contributed by atoms with Gasteiger partial charge in [-0.15, -0.1) is 0 Å². The molecule has 0 N–H and O–H groups in total. The van der Waals surface area contributed by atoms with Crippen LogP contribution in [0.3, 0.4) is 0 Å². The minimum atomic E-state index is -0.172. The van der Waals surface area contributed by atoms with E-state index in [1.54, 1.807) is 6.92 Å². The molecule has 0 amide bonds. The van der Waals surface area contributed by atoms with Crippen LogP contribution in [-0.2, 0) is 9.63 Å². The Hall–Kier alpha value is -0.870. The molecule has 0 aliphatic heterocycles. The van der Waals surface area contributed by atoms with Gasteiger partial charge in [-0.3, -0.25) is 9.63 Å². The molecule has 1 saturated carbocycles. The summed E-state index contributed by atoms with van der Waals surface area (Å²) in [7, 11) is 0. The van der Waals surface area contributed by atoms with E-state index in [9.17, 15) is 10.0 Å². The number of carbonyl (C=O) groups excluding carboxylic acids is 1. The molecule has 1 rings (SSSR count). The Labute approximate surface area is 77.7 Å². The molecule has 0 unspecified atom stereocenters. The lowest BCUT2D eigenvalue weighted by Crippen LogP contribution is -2.30. The van der Waals surface area contributed by atoms with Crippen molar-refractivity contribution >= 4 is 5.78 Å². The third-order valence-electron chi connectivity index (χ3n) is 2.23. The first-order chi connectivity index (χ1) is 6.16. The third kappa shape index (κ3) is 2.29. The normalized spacial score (nSPS) is 16.5. The summed E-state index contributed by atoms with van der Waals surface area (Å²) >= 11 is 0. The zero-order valence-corrected chi connectivity index (χ0v) is 7.78. The van der Waals surface area contributed by atoms with Crippen molar-refractivity contribution in [2.24, 2.45) is 5.92 Å². The van der Waals surface area contributed by atoms with Crippen molar-refractivity contribution in [3.8, 4) is 0 Å². The van der Waals surface area contributed by atoms with Crippen molar-refractivity contribution in [1.82, 2.24) is 5.23 Å². The summed E-state index contributed by atoms with van der Waals surface area (Å²) in [5.41, 5.74) is -0.0773. The fourth-order valence-corrected chi connectivity index (χ4v) is 1.19. The average Bonchev–Trinajstić information content (AvgIpc) is 2.00. The number of hydrogen-bond donors (Lipinski definition) is 0. The van der Waals surface area contributed by atoms with Crippen LogP contribution in [0.1, 0.15) is 26.2 Å². The van der Waals surface area contributed by atoms with Crippen molar-refractivity contribution in [2.45, 2.75) is 26.2 Å². The van der Waals surface area contributed by atoms with Crippen molar-refractivity contribution in [3.05, 3.63) is 17.5 Å². The van der Waals surface area contributed by atoms with E-state index in [1.165, 1.54) is 0 Å². The highest BCUT2D eigenvalue weighted by atomic mass is 16.9. The third-order valence-corrected chi connectivity index (χ3v) is 2.23. The fraction of sp³-hybridized carbons (Fsp3) is 0.667. The van der Waals surface area contributed by atoms with Crippen LogP contribution in [0.2, 0.25) is 0 Å². The molecule has 0 bridgehead atoms. The number of allylic oxidation sites excluding steroid dienone is 1. The van der Waals surface area contributed by atoms with E-state index >= 15 is 0 Å². The average molecular weight is 184 g/mol. The molecule has 1 aliphatic rings. The fourth-order valence-electron chi connectivity index (χ4n) is 1.19. The van der Waals surface area contributed by atoms with Crippen LogP contribution < -0.4 is 0 Å². The van der Waals surface area contributed by atoms with Crippen LogP contribution in [0.5, 0.6) is 0 Å². The molecule has 0 aromatic carbocycles. The van der Waals surface area contributed by atoms with E-state index in [4.69, 9.17) is 0 Å². The summed E-state index contributed by atoms with van der Waals surface area (Å²) in [6, 6.07) is 0. The zero-order chi connectivity index (χ0) is 9.84. The number of Topliss-reactive ketones (excluding diaryl/α,β-unsaturated/α-hetero) is 1. The zero-order valence-electron chi connectivity index (χ0n) is 7.78. The second-order valence-electron chi connectivity index (χ2n) is 3.11. The van der Waals surface area contributed by atoms with Crippen LogP contribution in [0.4, 0.5) is 0 Å². The molecule has 4 nitrogen and oxygen atoms in total. The lowest BCUT2D eigenvalue weighted by atomic mass is 9.81. The van der Waals surface area contributed by atoms with E-state index in [-0.39, 0.29) is 29.2 Å². The smallest absolute Gasteiger partial charge is 0.182 e. The Morgan fingerprint density at radius 1 is 1.69 bits per heavy atom. The van der Waals surface area contributed by atoms with Crippen molar-refractivity contribution < 1.29 is 9.63 Å². The summed E-state index contributed by atoms with van der Waals surface area (Å²) in [5, 5.41) is 11.2. The standard InChI is InChI=1S/C9H14NO3/c1-3-13-10(12)7(2)9(11)8-5-4-6-8/h8H,2-6H2,1H3/q-1. The molecule has 0 heterocycles. The molecule has 0 aromatic heterocycles. The monoisotopic (exact) mass is 184 g/mol. The number of hydroxylamine groups is 2. The Bertz CT molecular complexity index is 211. The van der Waals surface area contributed by atoms with Crippen molar-refractivity contribution in [1.29, 1.82) is 0 Å². The first kappa shape index (κ1) is 10.2. The molecule has 4 heteroatoms. The number of nitrogens with zero attached hydrogens (tertiary/aromatic N) is 1. The lowest BCUT2D eigenvalue weighted by Gasteiger charge is -2.33. The Morgan fingerprint density at radius 3 is 2.69 bits per heavy atom. The predicted molar refractivity (Wildman–Crippen MR) is 48.3 cm³/mol. The van der Waals surface area contributed by atoms with Gasteiger partial charge in [-0.2, -0.15) is 0 Å². The first-order valence-electron chi connectivity index (χ1n) is 4.50. The van der Waals surface area contributed by atoms with Gasteiger partial charge in [0.2, 0.25) is 0 Å². The van der Waals surface area contributed by atoms with Gasteiger partial charge in [0.15, 0.2) is 5.78 Å². The minimum absolute atomic E-state index is 0.00408. The van der Waals surface area contributed by atoms with Gasteiger partial charge in [0.25, 0.3) is 0 Å². The maximum atomic E-state index is 11.4. The Balaban J connectivity index is 2.41. The van der Waals surface area contributed by atoms with E-state index in [1.807, 2.05) is 0 Å². The van der Waals surface area contributed by atoms with Crippen LogP contribution >= 0.6 is 0 Å². The number of carbonyl (C=O) groups is 1. The highest BCUT2D eigenvalue weighted by molar-refractivity contribution is 5.96. The molecule has 74 valence electrons. The van der Waals surface area contributed by atoms with Gasteiger partial charge >= 0.3 is 0 Å². The van der Waals surface area contributed by atoms with Gasteiger partial charge < -0.3 is 10.4 Å². The van der Waals surface area contributed by atoms with Gasteiger partial charge in [-0.05, 0) is 19.8 Å². The molecule has 0 aromatic rings. The highest BCUT2D eigenvalue weighted by Gasteiger charge is 2.27. The molecular weight excluding hydrogens is 170 g/mol. The Morgan fingerprint density at radius 2 is 2.31 bits per heavy atom. The second-order valence-corrected chi connectivity index (χ2v) is 3.11. The highest BCUT2D eigenvalue weighted by Crippen LogP contribution is 2.29. The van der Waals surface area contributed by atoms with Crippen molar-refractivity contribution in [2.75, 3.05) is 6.61 Å². The maximum Gasteiger partial charge on any atom is 0.182 e. The Kier molecular flexibility index (Phi) is 3.45. The van der Waals surface area contributed by atoms with Crippen LogP contribution in [0.15, 0.2) is 12.3 Å². The summed E-state index contributed by atoms with van der Waals surface area (Å²) in [6.45, 7) is 5.35. The van der Waals surface area contributed by atoms with E-state index in [0.717, 1.165) is 19.3 Å². The minimum Gasteiger partial charge on any atom is -0.733 e. The van der Waals surface area contributed by atoms with Crippen molar-refractivity contribution in [3.63, 3.8) is 0 Å². The van der Waals surface area contributed by atoms with Crippen LogP contribution in [0.25, 0.3) is 0 Å².